The van der Waals surface area contributed by atoms with E-state index in [1.165, 1.54) is 6.20 Å². The van der Waals surface area contributed by atoms with Crippen molar-refractivity contribution in [1.82, 2.24) is 24.7 Å². The van der Waals surface area contributed by atoms with E-state index in [0.717, 1.165) is 16.6 Å². The Morgan fingerprint density at radius 1 is 1.38 bits per heavy atom. The molecule has 0 amide bonds. The van der Waals surface area contributed by atoms with E-state index in [0.29, 0.717) is 23.8 Å². The third-order valence-electron chi connectivity index (χ3n) is 3.24. The van der Waals surface area contributed by atoms with Crippen LogP contribution >= 0.6 is 0 Å². The topological polar surface area (TPSA) is 110 Å². The van der Waals surface area contributed by atoms with Gasteiger partial charge in [-0.25, -0.2) is 23.9 Å². The number of imidazole rings is 1. The van der Waals surface area contributed by atoms with Crippen molar-refractivity contribution >= 4 is 27.8 Å². The number of nitrogen functional groups attached to an aromatic ring is 1. The van der Waals surface area contributed by atoms with Crippen LogP contribution in [0.2, 0.25) is 0 Å². The van der Waals surface area contributed by atoms with Crippen LogP contribution in [0.25, 0.3) is 22.6 Å². The number of fused-ring (bicyclic) bond motifs is 1. The van der Waals surface area contributed by atoms with Crippen LogP contribution in [-0.4, -0.2) is 36.9 Å². The quantitative estimate of drug-likeness (QED) is 0.620. The zero-order valence-electron chi connectivity index (χ0n) is 13.3. The average Bonchev–Trinajstić information content (AvgIpc) is 2.95. The van der Waals surface area contributed by atoms with Crippen molar-refractivity contribution in [3.8, 4) is 23.4 Å². The Labute approximate surface area is 141 Å². The molecule has 0 fully saturated rings. The fraction of sp³-hybridized carbons (Fsp3) is 0.188. The van der Waals surface area contributed by atoms with Crippen LogP contribution in [0.5, 0.6) is 0 Å². The Morgan fingerprint density at radius 2 is 2.21 bits per heavy atom. The second-order valence-corrected chi connectivity index (χ2v) is 6.37. The number of H-pyrrole nitrogens is 1. The standard InChI is InChI=1S/C16H16N6OS/c1-10-5-6-12-13(8-10)22-16(21-12)14-15(17)18-9-11(20-14)4-3-7-19-24(2)23/h5-6,8-9,19H,7H2,1-2H3,(H2,17,18)(H,21,22). The molecular formula is C16H16N6OS. The lowest BCUT2D eigenvalue weighted by atomic mass is 10.2. The van der Waals surface area contributed by atoms with Gasteiger partial charge in [0.15, 0.2) is 11.6 Å². The fourth-order valence-electron chi connectivity index (χ4n) is 2.14. The summed E-state index contributed by atoms with van der Waals surface area (Å²) in [5.74, 6) is 6.53. The van der Waals surface area contributed by atoms with Gasteiger partial charge in [-0.2, -0.15) is 0 Å². The molecule has 24 heavy (non-hydrogen) atoms. The minimum atomic E-state index is -1.10. The van der Waals surface area contributed by atoms with E-state index in [1.54, 1.807) is 6.26 Å². The van der Waals surface area contributed by atoms with Crippen LogP contribution in [0.1, 0.15) is 11.3 Å². The van der Waals surface area contributed by atoms with Gasteiger partial charge in [0.05, 0.1) is 34.8 Å². The molecule has 2 heterocycles. The highest BCUT2D eigenvalue weighted by Crippen LogP contribution is 2.23. The normalized spacial score (nSPS) is 11.9. The van der Waals surface area contributed by atoms with Crippen LogP contribution in [0, 0.1) is 18.8 Å². The Balaban J connectivity index is 1.94. The second-order valence-electron chi connectivity index (χ2n) is 5.17. The zero-order chi connectivity index (χ0) is 17.1. The summed E-state index contributed by atoms with van der Waals surface area (Å²) in [5.41, 5.74) is 9.75. The molecule has 0 radical (unpaired) electrons. The van der Waals surface area contributed by atoms with Gasteiger partial charge in [-0.15, -0.1) is 0 Å². The maximum absolute atomic E-state index is 10.9. The predicted molar refractivity (Wildman–Crippen MR) is 95.2 cm³/mol. The number of nitrogens with zero attached hydrogens (tertiary/aromatic N) is 3. The van der Waals surface area contributed by atoms with Crippen LogP contribution in [0.15, 0.2) is 24.4 Å². The van der Waals surface area contributed by atoms with E-state index >= 15 is 0 Å². The SMILES string of the molecule is Cc1ccc2nc(-c3nc(C#CCNS(C)=O)cnc3N)[nH]c2c1. The van der Waals surface area contributed by atoms with E-state index in [2.05, 4.69) is 36.5 Å². The van der Waals surface area contributed by atoms with Crippen molar-refractivity contribution in [2.75, 3.05) is 18.5 Å². The van der Waals surface area contributed by atoms with Gasteiger partial charge in [0.1, 0.15) is 11.4 Å². The van der Waals surface area contributed by atoms with Crippen molar-refractivity contribution in [1.29, 1.82) is 0 Å². The number of hydrogen-bond acceptors (Lipinski definition) is 5. The first kappa shape index (κ1) is 16.1. The van der Waals surface area contributed by atoms with Gasteiger partial charge in [-0.1, -0.05) is 12.0 Å². The molecule has 4 N–H and O–H groups in total. The Hall–Kier alpha value is -2.76. The molecule has 2 aromatic heterocycles. The second kappa shape index (κ2) is 6.78. The van der Waals surface area contributed by atoms with E-state index in [4.69, 9.17) is 5.73 Å². The van der Waals surface area contributed by atoms with Crippen LogP contribution in [-0.2, 0) is 11.0 Å². The van der Waals surface area contributed by atoms with Crippen LogP contribution in [0.4, 0.5) is 5.82 Å². The summed E-state index contributed by atoms with van der Waals surface area (Å²) in [7, 11) is -1.10. The van der Waals surface area contributed by atoms with E-state index in [9.17, 15) is 4.21 Å². The number of anilines is 1. The van der Waals surface area contributed by atoms with Crippen molar-refractivity contribution in [2.24, 2.45) is 0 Å². The Morgan fingerprint density at radius 3 is 3.00 bits per heavy atom. The van der Waals surface area contributed by atoms with Crippen molar-refractivity contribution in [3.05, 3.63) is 35.7 Å². The lowest BCUT2D eigenvalue weighted by Crippen LogP contribution is -2.15. The van der Waals surface area contributed by atoms with Gasteiger partial charge in [-0.3, -0.25) is 0 Å². The van der Waals surface area contributed by atoms with E-state index in [1.807, 2.05) is 25.1 Å². The summed E-state index contributed by atoms with van der Waals surface area (Å²) in [4.78, 5) is 16.3. The summed E-state index contributed by atoms with van der Waals surface area (Å²) in [6.45, 7) is 2.32. The van der Waals surface area contributed by atoms with Crippen molar-refractivity contribution in [3.63, 3.8) is 0 Å². The van der Waals surface area contributed by atoms with Gasteiger partial charge in [0.2, 0.25) is 0 Å². The molecule has 0 saturated heterocycles. The highest BCUT2D eigenvalue weighted by Gasteiger charge is 2.12. The predicted octanol–water partition coefficient (Wildman–Crippen LogP) is 1.15. The largest absolute Gasteiger partial charge is 0.382 e. The Kier molecular flexibility index (Phi) is 4.55. The molecule has 0 spiro atoms. The smallest absolute Gasteiger partial charge is 0.161 e. The molecule has 3 rings (SSSR count). The average molecular weight is 340 g/mol. The van der Waals surface area contributed by atoms with E-state index in [-0.39, 0.29) is 5.82 Å². The zero-order valence-corrected chi connectivity index (χ0v) is 14.1. The van der Waals surface area contributed by atoms with Crippen LogP contribution in [0.3, 0.4) is 0 Å². The summed E-state index contributed by atoms with van der Waals surface area (Å²) in [6.07, 6.45) is 3.05. The highest BCUT2D eigenvalue weighted by atomic mass is 32.2. The number of benzene rings is 1. The molecule has 0 aliphatic carbocycles. The number of aromatic amines is 1. The van der Waals surface area contributed by atoms with Crippen molar-refractivity contribution < 1.29 is 4.21 Å². The fourth-order valence-corrected chi connectivity index (χ4v) is 2.42. The summed E-state index contributed by atoms with van der Waals surface area (Å²) in [6, 6.07) is 5.94. The van der Waals surface area contributed by atoms with Gasteiger partial charge >= 0.3 is 0 Å². The first-order valence-electron chi connectivity index (χ1n) is 7.18. The summed E-state index contributed by atoms with van der Waals surface area (Å²) < 4.78 is 13.6. The molecule has 1 aromatic carbocycles. The molecule has 122 valence electrons. The maximum Gasteiger partial charge on any atom is 0.161 e. The van der Waals surface area contributed by atoms with Gasteiger partial charge < -0.3 is 10.7 Å². The van der Waals surface area contributed by atoms with Gasteiger partial charge in [-0.05, 0) is 30.5 Å². The molecule has 0 saturated carbocycles. The number of aryl methyl sites for hydroxylation is 1. The molecule has 8 heteroatoms. The minimum Gasteiger partial charge on any atom is -0.382 e. The van der Waals surface area contributed by atoms with E-state index < -0.39 is 11.0 Å². The lowest BCUT2D eigenvalue weighted by Gasteiger charge is -2.00. The molecule has 1 atom stereocenters. The number of hydrogen-bond donors (Lipinski definition) is 3. The first-order valence-corrected chi connectivity index (χ1v) is 8.74. The van der Waals surface area contributed by atoms with Gasteiger partial charge in [0.25, 0.3) is 0 Å². The lowest BCUT2D eigenvalue weighted by molar-refractivity contribution is 0.680. The molecular weight excluding hydrogens is 324 g/mol. The number of aromatic nitrogens is 4. The molecule has 1 unspecified atom stereocenters. The first-order chi connectivity index (χ1) is 11.5. The molecule has 3 aromatic rings. The minimum absolute atomic E-state index is 0.282. The summed E-state index contributed by atoms with van der Waals surface area (Å²) in [5, 5.41) is 0. The van der Waals surface area contributed by atoms with Crippen molar-refractivity contribution in [2.45, 2.75) is 6.92 Å². The molecule has 0 aliphatic heterocycles. The molecule has 0 aliphatic rings. The molecule has 7 nitrogen and oxygen atoms in total. The number of rotatable bonds is 3. The Bertz CT molecular complexity index is 985. The summed E-state index contributed by atoms with van der Waals surface area (Å²) >= 11 is 0. The van der Waals surface area contributed by atoms with Crippen LogP contribution < -0.4 is 10.5 Å². The third kappa shape index (κ3) is 3.59. The third-order valence-corrected chi connectivity index (χ3v) is 3.79. The maximum atomic E-state index is 10.9. The molecule has 0 bridgehead atoms. The van der Waals surface area contributed by atoms with Gasteiger partial charge in [0, 0.05) is 6.26 Å². The number of nitrogens with two attached hydrogens (primary N) is 1. The number of nitrogens with one attached hydrogen (secondary N) is 2. The highest BCUT2D eigenvalue weighted by molar-refractivity contribution is 7.82. The monoisotopic (exact) mass is 340 g/mol.